The molecule has 1 aromatic carbocycles. The highest BCUT2D eigenvalue weighted by atomic mass is 16.5. The zero-order valence-electron chi connectivity index (χ0n) is 19.0. The summed E-state index contributed by atoms with van der Waals surface area (Å²) in [4.78, 5) is 17.2. The molecular formula is C26H31N5O2. The van der Waals surface area contributed by atoms with Gasteiger partial charge in [0.25, 0.3) is 5.91 Å². The van der Waals surface area contributed by atoms with E-state index in [2.05, 4.69) is 27.5 Å². The highest BCUT2D eigenvalue weighted by Gasteiger charge is 2.30. The zero-order chi connectivity index (χ0) is 22.8. The first kappa shape index (κ1) is 21.6. The number of carbonyl (C=O) groups is 1. The number of nitrogens with one attached hydrogen (secondary N) is 1. The van der Waals surface area contributed by atoms with E-state index in [-0.39, 0.29) is 18.1 Å². The highest BCUT2D eigenvalue weighted by Crippen LogP contribution is 2.37. The van der Waals surface area contributed by atoms with Gasteiger partial charge >= 0.3 is 0 Å². The van der Waals surface area contributed by atoms with Crippen LogP contribution in [0.5, 0.6) is 0 Å². The number of aryl methyl sites for hydroxylation is 1. The minimum atomic E-state index is -0.125. The van der Waals surface area contributed by atoms with E-state index < -0.39 is 0 Å². The quantitative estimate of drug-likeness (QED) is 0.532. The number of nitrogens with two attached hydrogens (primary N) is 1. The van der Waals surface area contributed by atoms with E-state index in [0.29, 0.717) is 18.1 Å². The van der Waals surface area contributed by atoms with Gasteiger partial charge in [0.1, 0.15) is 0 Å². The van der Waals surface area contributed by atoms with Gasteiger partial charge in [0.15, 0.2) is 0 Å². The Morgan fingerprint density at radius 3 is 2.73 bits per heavy atom. The Balaban J connectivity index is 1.22. The number of hydrogen-bond acceptors (Lipinski definition) is 5. The van der Waals surface area contributed by atoms with Gasteiger partial charge in [-0.15, -0.1) is 0 Å². The lowest BCUT2D eigenvalue weighted by molar-refractivity contribution is 0.0274. The monoisotopic (exact) mass is 445 g/mol. The number of nitrogen functional groups attached to an aromatic ring is 1. The molecule has 7 heteroatoms. The van der Waals surface area contributed by atoms with E-state index in [9.17, 15) is 4.79 Å². The molecule has 33 heavy (non-hydrogen) atoms. The fourth-order valence-corrected chi connectivity index (χ4v) is 4.78. The molecule has 2 aromatic heterocycles. The molecule has 5 rings (SSSR count). The largest absolute Gasteiger partial charge is 0.398 e. The molecule has 0 saturated heterocycles. The second kappa shape index (κ2) is 9.35. The summed E-state index contributed by atoms with van der Waals surface area (Å²) in [5.74, 6) is 0.541. The number of nitrogens with zero attached hydrogens (tertiary/aromatic N) is 3. The number of hydrogen-bond donors (Lipinski definition) is 2. The number of benzene rings is 1. The molecule has 2 heterocycles. The van der Waals surface area contributed by atoms with Gasteiger partial charge in [0, 0.05) is 48.0 Å². The first-order valence-electron chi connectivity index (χ1n) is 11.8. The lowest BCUT2D eigenvalue weighted by Crippen LogP contribution is -2.41. The van der Waals surface area contributed by atoms with Crippen molar-refractivity contribution in [2.24, 2.45) is 7.05 Å². The molecule has 0 spiro atoms. The summed E-state index contributed by atoms with van der Waals surface area (Å²) >= 11 is 0. The van der Waals surface area contributed by atoms with Gasteiger partial charge < -0.3 is 15.8 Å². The lowest BCUT2D eigenvalue weighted by atomic mass is 9.79. The van der Waals surface area contributed by atoms with E-state index in [0.717, 1.165) is 41.6 Å². The maximum atomic E-state index is 13.0. The number of amides is 1. The second-order valence-corrected chi connectivity index (χ2v) is 9.31. The number of aromatic nitrogens is 3. The molecule has 2 saturated carbocycles. The smallest absolute Gasteiger partial charge is 0.253 e. The van der Waals surface area contributed by atoms with Gasteiger partial charge in [-0.25, -0.2) is 0 Å². The molecule has 7 nitrogen and oxygen atoms in total. The lowest BCUT2D eigenvalue weighted by Gasteiger charge is -2.27. The van der Waals surface area contributed by atoms with Gasteiger partial charge in [-0.2, -0.15) is 5.10 Å². The Hall–Kier alpha value is -3.19. The number of ether oxygens (including phenoxy) is 1. The molecule has 3 N–H and O–H groups in total. The summed E-state index contributed by atoms with van der Waals surface area (Å²) in [6.45, 7) is 0.474. The van der Waals surface area contributed by atoms with Gasteiger partial charge in [0.2, 0.25) is 0 Å². The summed E-state index contributed by atoms with van der Waals surface area (Å²) in [6.07, 6.45) is 13.7. The van der Waals surface area contributed by atoms with Crippen LogP contribution >= 0.6 is 0 Å². The fraction of sp³-hybridized carbons (Fsp3) is 0.423. The Morgan fingerprint density at radius 1 is 1.12 bits per heavy atom. The third-order valence-corrected chi connectivity index (χ3v) is 7.00. The van der Waals surface area contributed by atoms with Crippen molar-refractivity contribution >= 4 is 11.6 Å². The number of anilines is 1. The molecule has 2 atom stereocenters. The molecule has 172 valence electrons. The maximum Gasteiger partial charge on any atom is 0.253 e. The third kappa shape index (κ3) is 4.78. The van der Waals surface area contributed by atoms with Crippen LogP contribution in [0.3, 0.4) is 0 Å². The van der Waals surface area contributed by atoms with Crippen LogP contribution in [0.1, 0.15) is 65.9 Å². The zero-order valence-corrected chi connectivity index (χ0v) is 19.0. The Kier molecular flexibility index (Phi) is 6.13. The van der Waals surface area contributed by atoms with E-state index in [1.54, 1.807) is 23.3 Å². The molecular weight excluding hydrogens is 414 g/mol. The maximum absolute atomic E-state index is 13.0. The molecule has 3 aromatic rings. The number of pyridine rings is 1. The van der Waals surface area contributed by atoms with Crippen molar-refractivity contribution in [2.45, 2.75) is 63.2 Å². The Labute approximate surface area is 194 Å². The topological polar surface area (TPSA) is 95.1 Å². The van der Waals surface area contributed by atoms with E-state index >= 15 is 0 Å². The minimum absolute atomic E-state index is 0.0180. The van der Waals surface area contributed by atoms with Crippen molar-refractivity contribution < 1.29 is 9.53 Å². The average molecular weight is 446 g/mol. The van der Waals surface area contributed by atoms with Crippen LogP contribution in [-0.4, -0.2) is 32.8 Å². The van der Waals surface area contributed by atoms with Gasteiger partial charge in [0.05, 0.1) is 30.5 Å². The summed E-state index contributed by atoms with van der Waals surface area (Å²) in [5.41, 5.74) is 11.8. The fourth-order valence-electron chi connectivity index (χ4n) is 4.78. The average Bonchev–Trinajstić information content (AvgIpc) is 3.41. The number of carbonyl (C=O) groups excluding carboxylic acids is 1. The normalized spacial score (nSPS) is 20.5. The molecule has 2 aliphatic carbocycles. The third-order valence-electron chi connectivity index (χ3n) is 7.00. The van der Waals surface area contributed by atoms with E-state index in [1.165, 1.54) is 24.8 Å². The van der Waals surface area contributed by atoms with Crippen molar-refractivity contribution in [3.05, 3.63) is 65.7 Å². The van der Waals surface area contributed by atoms with Crippen molar-refractivity contribution in [2.75, 3.05) is 5.73 Å². The molecule has 1 amide bonds. The number of rotatable bonds is 7. The van der Waals surface area contributed by atoms with Crippen LogP contribution in [-0.2, 0) is 18.4 Å². The second-order valence-electron chi connectivity index (χ2n) is 9.31. The van der Waals surface area contributed by atoms with Crippen LogP contribution in [0.2, 0.25) is 0 Å². The predicted molar refractivity (Wildman–Crippen MR) is 128 cm³/mol. The van der Waals surface area contributed by atoms with E-state index in [4.69, 9.17) is 10.5 Å². The SMILES string of the molecule is Cn1cc(-c2cncc(C(=O)N[C@H]3CCC[C@@H]3OCc3cc(C4CCC4)ccc3N)c2)cn1. The molecule has 0 bridgehead atoms. The van der Waals surface area contributed by atoms with Crippen molar-refractivity contribution in [3.63, 3.8) is 0 Å². The van der Waals surface area contributed by atoms with Crippen LogP contribution in [0.25, 0.3) is 11.1 Å². The molecule has 0 aliphatic heterocycles. The van der Waals surface area contributed by atoms with Gasteiger partial charge in [-0.05, 0) is 55.7 Å². The van der Waals surface area contributed by atoms with Crippen LogP contribution in [0, 0.1) is 0 Å². The molecule has 0 unspecified atom stereocenters. The Morgan fingerprint density at radius 2 is 1.97 bits per heavy atom. The van der Waals surface area contributed by atoms with Crippen LogP contribution in [0.15, 0.2) is 49.1 Å². The highest BCUT2D eigenvalue weighted by molar-refractivity contribution is 5.95. The molecule has 0 radical (unpaired) electrons. The Bertz CT molecular complexity index is 1140. The standard InChI is InChI=1S/C26H31N5O2/c1-31-15-22(14-29-31)19-11-20(13-28-12-19)26(32)30-24-6-3-7-25(24)33-16-21-10-18(8-9-23(21)27)17-4-2-5-17/h8-15,17,24-25H,2-7,16,27H2,1H3,(H,30,32)/t24-,25-/m0/s1. The first-order chi connectivity index (χ1) is 16.1. The van der Waals surface area contributed by atoms with Crippen molar-refractivity contribution in [1.29, 1.82) is 0 Å². The van der Waals surface area contributed by atoms with Crippen molar-refractivity contribution in [3.8, 4) is 11.1 Å². The van der Waals surface area contributed by atoms with Gasteiger partial charge in [-0.1, -0.05) is 18.6 Å². The van der Waals surface area contributed by atoms with Crippen LogP contribution < -0.4 is 11.1 Å². The summed E-state index contributed by atoms with van der Waals surface area (Å²) in [5, 5.41) is 7.37. The summed E-state index contributed by atoms with van der Waals surface area (Å²) in [7, 11) is 1.87. The van der Waals surface area contributed by atoms with E-state index in [1.807, 2.05) is 25.4 Å². The predicted octanol–water partition coefficient (Wildman–Crippen LogP) is 4.20. The van der Waals surface area contributed by atoms with Crippen molar-refractivity contribution in [1.82, 2.24) is 20.1 Å². The molecule has 2 fully saturated rings. The first-order valence-corrected chi connectivity index (χ1v) is 11.8. The molecule has 2 aliphatic rings. The minimum Gasteiger partial charge on any atom is -0.398 e. The van der Waals surface area contributed by atoms with Gasteiger partial charge in [-0.3, -0.25) is 14.5 Å². The summed E-state index contributed by atoms with van der Waals surface area (Å²) < 4.78 is 8.01. The summed E-state index contributed by atoms with van der Waals surface area (Å²) in [6, 6.07) is 8.20. The van der Waals surface area contributed by atoms with Crippen LogP contribution in [0.4, 0.5) is 5.69 Å².